The summed E-state index contributed by atoms with van der Waals surface area (Å²) in [4.78, 5) is 22.0. The first-order chi connectivity index (χ1) is 15.6. The minimum absolute atomic E-state index is 0.0779. The number of thioether (sulfide) groups is 1. The molecule has 0 bridgehead atoms. The lowest BCUT2D eigenvalue weighted by molar-refractivity contribution is 0.0716. The van der Waals surface area contributed by atoms with Gasteiger partial charge in [0.2, 0.25) is 0 Å². The summed E-state index contributed by atoms with van der Waals surface area (Å²) < 4.78 is 20.3. The second-order valence-corrected chi connectivity index (χ2v) is 9.79. The Balaban J connectivity index is 1.34. The number of aryl methyl sites for hydroxylation is 1. The first-order valence-electron chi connectivity index (χ1n) is 10.4. The molecular formula is C24H22FN3O2S2. The Morgan fingerprint density at radius 1 is 1.12 bits per heavy atom. The highest BCUT2D eigenvalue weighted by Gasteiger charge is 2.28. The predicted molar refractivity (Wildman–Crippen MR) is 127 cm³/mol. The third-order valence-electron chi connectivity index (χ3n) is 5.59. The number of carbonyl (C=O) groups is 1. The number of carbonyl (C=O) groups excluding carboxylic acids is 1. The van der Waals surface area contributed by atoms with Crippen molar-refractivity contribution in [2.75, 3.05) is 31.1 Å². The van der Waals surface area contributed by atoms with Crippen molar-refractivity contribution in [3.05, 3.63) is 76.7 Å². The predicted octanol–water partition coefficient (Wildman–Crippen LogP) is 5.59. The quantitative estimate of drug-likeness (QED) is 0.358. The molecule has 5 nitrogen and oxygen atoms in total. The summed E-state index contributed by atoms with van der Waals surface area (Å²) >= 11 is 3.24. The zero-order valence-corrected chi connectivity index (χ0v) is 19.2. The monoisotopic (exact) mass is 467 g/mol. The number of hydrogen-bond donors (Lipinski definition) is 0. The van der Waals surface area contributed by atoms with Gasteiger partial charge < -0.3 is 14.2 Å². The third kappa shape index (κ3) is 4.25. The average Bonchev–Trinajstić information content (AvgIpc) is 3.41. The fraction of sp³-hybridized carbons (Fsp3) is 0.250. The van der Waals surface area contributed by atoms with E-state index in [0.717, 1.165) is 32.3 Å². The molecule has 0 aliphatic carbocycles. The molecule has 1 aliphatic heterocycles. The molecule has 1 fully saturated rings. The van der Waals surface area contributed by atoms with E-state index < -0.39 is 0 Å². The number of thiazole rings is 1. The number of fused-ring (bicyclic) bond motifs is 1. The van der Waals surface area contributed by atoms with E-state index in [0.29, 0.717) is 37.7 Å². The van der Waals surface area contributed by atoms with Gasteiger partial charge in [0, 0.05) is 59.6 Å². The summed E-state index contributed by atoms with van der Waals surface area (Å²) in [6.45, 7) is 4.55. The van der Waals surface area contributed by atoms with Crippen LogP contribution in [0, 0.1) is 12.7 Å². The largest absolute Gasteiger partial charge is 0.451 e. The molecule has 3 heterocycles. The molecule has 0 N–H and O–H groups in total. The molecule has 1 saturated heterocycles. The number of aromatic nitrogens is 1. The second kappa shape index (κ2) is 8.96. The normalized spacial score (nSPS) is 14.3. The van der Waals surface area contributed by atoms with Crippen molar-refractivity contribution in [1.29, 1.82) is 0 Å². The van der Waals surface area contributed by atoms with E-state index in [2.05, 4.69) is 9.88 Å². The Hall–Kier alpha value is -2.84. The maximum atomic E-state index is 13.4. The average molecular weight is 468 g/mol. The number of anilines is 1. The van der Waals surface area contributed by atoms with Crippen LogP contribution in [0.4, 0.5) is 10.1 Å². The topological polar surface area (TPSA) is 49.6 Å². The van der Waals surface area contributed by atoms with Gasteiger partial charge in [-0.3, -0.25) is 4.79 Å². The molecule has 0 atom stereocenters. The molecule has 0 spiro atoms. The number of piperazine rings is 1. The minimum Gasteiger partial charge on any atom is -0.451 e. The van der Waals surface area contributed by atoms with Gasteiger partial charge in [0.25, 0.3) is 5.91 Å². The van der Waals surface area contributed by atoms with Crippen molar-refractivity contribution in [3.63, 3.8) is 0 Å². The Bertz CT molecular complexity index is 1240. The smallest absolute Gasteiger partial charge is 0.290 e. The highest BCUT2D eigenvalue weighted by molar-refractivity contribution is 8.00. The molecular weight excluding hydrogens is 445 g/mol. The highest BCUT2D eigenvalue weighted by Crippen LogP contribution is 2.34. The van der Waals surface area contributed by atoms with E-state index in [1.807, 2.05) is 41.5 Å². The lowest BCUT2D eigenvalue weighted by Crippen LogP contribution is -2.48. The van der Waals surface area contributed by atoms with Gasteiger partial charge in [-0.05, 0) is 37.3 Å². The van der Waals surface area contributed by atoms with E-state index in [1.54, 1.807) is 35.2 Å². The standard InChI is InChI=1S/C24H22FN3O2S2/c1-16-14-31-24(26-16)32-15-20-19-4-2-3-5-21(19)30-22(20)23(29)28-12-10-27(11-13-28)18-8-6-17(25)7-9-18/h2-9,14H,10-13,15H2,1H3. The Labute approximate surface area is 193 Å². The van der Waals surface area contributed by atoms with Crippen LogP contribution in [0.1, 0.15) is 21.8 Å². The van der Waals surface area contributed by atoms with Crippen LogP contribution in [0.15, 0.2) is 62.7 Å². The zero-order valence-electron chi connectivity index (χ0n) is 17.6. The lowest BCUT2D eigenvalue weighted by Gasteiger charge is -2.35. The van der Waals surface area contributed by atoms with Gasteiger partial charge in [-0.2, -0.15) is 0 Å². The fourth-order valence-electron chi connectivity index (χ4n) is 3.91. The third-order valence-corrected chi connectivity index (χ3v) is 7.75. The van der Waals surface area contributed by atoms with Gasteiger partial charge >= 0.3 is 0 Å². The van der Waals surface area contributed by atoms with Crippen LogP contribution < -0.4 is 4.90 Å². The number of nitrogens with zero attached hydrogens (tertiary/aromatic N) is 3. The first-order valence-corrected chi connectivity index (χ1v) is 12.3. The van der Waals surface area contributed by atoms with Gasteiger partial charge in [-0.15, -0.1) is 11.3 Å². The van der Waals surface area contributed by atoms with Gasteiger partial charge in [0.05, 0.1) is 0 Å². The van der Waals surface area contributed by atoms with E-state index in [-0.39, 0.29) is 11.7 Å². The number of amides is 1. The Morgan fingerprint density at radius 2 is 1.88 bits per heavy atom. The van der Waals surface area contributed by atoms with E-state index in [4.69, 9.17) is 4.42 Å². The molecule has 32 heavy (non-hydrogen) atoms. The van der Waals surface area contributed by atoms with Crippen LogP contribution in [-0.4, -0.2) is 42.0 Å². The molecule has 8 heteroatoms. The number of hydrogen-bond acceptors (Lipinski definition) is 6. The number of rotatable bonds is 5. The van der Waals surface area contributed by atoms with Crippen molar-refractivity contribution in [2.45, 2.75) is 17.0 Å². The number of halogens is 1. The van der Waals surface area contributed by atoms with Gasteiger partial charge in [-0.25, -0.2) is 9.37 Å². The summed E-state index contributed by atoms with van der Waals surface area (Å²) in [5.41, 5.74) is 3.62. The zero-order chi connectivity index (χ0) is 22.1. The van der Waals surface area contributed by atoms with Crippen LogP contribution in [0.5, 0.6) is 0 Å². The summed E-state index contributed by atoms with van der Waals surface area (Å²) in [5, 5.41) is 3.00. The SMILES string of the molecule is Cc1csc(SCc2c(C(=O)N3CCN(c4ccc(F)cc4)CC3)oc3ccccc23)n1. The van der Waals surface area contributed by atoms with Gasteiger partial charge in [-0.1, -0.05) is 30.0 Å². The summed E-state index contributed by atoms with van der Waals surface area (Å²) in [5.74, 6) is 0.722. The molecule has 1 amide bonds. The molecule has 2 aromatic carbocycles. The highest BCUT2D eigenvalue weighted by atomic mass is 32.2. The minimum atomic E-state index is -0.245. The van der Waals surface area contributed by atoms with Crippen LogP contribution in [0.3, 0.4) is 0 Å². The van der Waals surface area contributed by atoms with Crippen LogP contribution in [0.2, 0.25) is 0 Å². The lowest BCUT2D eigenvalue weighted by atomic mass is 10.1. The molecule has 0 saturated carbocycles. The Kier molecular flexibility index (Phi) is 5.89. The maximum Gasteiger partial charge on any atom is 0.290 e. The summed E-state index contributed by atoms with van der Waals surface area (Å²) in [6.07, 6.45) is 0. The number of furan rings is 1. The maximum absolute atomic E-state index is 13.4. The first kappa shape index (κ1) is 21.0. The van der Waals surface area contributed by atoms with E-state index in [9.17, 15) is 9.18 Å². The van der Waals surface area contributed by atoms with E-state index in [1.165, 1.54) is 12.1 Å². The van der Waals surface area contributed by atoms with Crippen molar-refractivity contribution in [2.24, 2.45) is 0 Å². The van der Waals surface area contributed by atoms with Gasteiger partial charge in [0.15, 0.2) is 5.76 Å². The van der Waals surface area contributed by atoms with Crippen molar-refractivity contribution in [1.82, 2.24) is 9.88 Å². The van der Waals surface area contributed by atoms with Crippen molar-refractivity contribution in [3.8, 4) is 0 Å². The molecule has 5 rings (SSSR count). The number of para-hydroxylation sites is 1. The van der Waals surface area contributed by atoms with Crippen LogP contribution in [-0.2, 0) is 5.75 Å². The van der Waals surface area contributed by atoms with Crippen molar-refractivity contribution < 1.29 is 13.6 Å². The molecule has 2 aromatic heterocycles. The van der Waals surface area contributed by atoms with Crippen LogP contribution in [0.25, 0.3) is 11.0 Å². The second-order valence-electron chi connectivity index (χ2n) is 7.71. The summed E-state index contributed by atoms with van der Waals surface area (Å²) in [6, 6.07) is 14.3. The fourth-order valence-corrected chi connectivity index (χ4v) is 5.79. The molecule has 0 unspecified atom stereocenters. The van der Waals surface area contributed by atoms with Crippen LogP contribution >= 0.6 is 23.1 Å². The molecule has 1 aliphatic rings. The van der Waals surface area contributed by atoms with E-state index >= 15 is 0 Å². The number of benzene rings is 2. The molecule has 0 radical (unpaired) electrons. The molecule has 4 aromatic rings. The van der Waals surface area contributed by atoms with Gasteiger partial charge in [0.1, 0.15) is 15.7 Å². The summed E-state index contributed by atoms with van der Waals surface area (Å²) in [7, 11) is 0. The van der Waals surface area contributed by atoms with Crippen molar-refractivity contribution >= 4 is 45.7 Å². The Morgan fingerprint density at radius 3 is 2.59 bits per heavy atom. The molecule has 164 valence electrons.